The first-order chi connectivity index (χ1) is 13.6. The lowest BCUT2D eigenvalue weighted by Crippen LogP contribution is -2.22. The van der Waals surface area contributed by atoms with Crippen LogP contribution in [0.2, 0.25) is 0 Å². The molecule has 2 rings (SSSR count). The summed E-state index contributed by atoms with van der Waals surface area (Å²) in [5, 5.41) is 4.03. The number of hydrogen-bond acceptors (Lipinski definition) is 6. The smallest absolute Gasteiger partial charge is 0.271 e. The summed E-state index contributed by atoms with van der Waals surface area (Å²) in [7, 11) is 4.63. The molecule has 0 aliphatic rings. The molecule has 150 valence electrons. The molecule has 0 bridgehead atoms. The first-order valence-electron chi connectivity index (χ1n) is 9.06. The van der Waals surface area contributed by atoms with Crippen molar-refractivity contribution in [2.24, 2.45) is 5.10 Å². The molecule has 0 unspecified atom stereocenters. The molecule has 0 atom stereocenters. The number of benzene rings is 2. The summed E-state index contributed by atoms with van der Waals surface area (Å²) in [6, 6.07) is 10.9. The predicted molar refractivity (Wildman–Crippen MR) is 111 cm³/mol. The molecule has 0 aromatic heterocycles. The highest BCUT2D eigenvalue weighted by Gasteiger charge is 2.12. The maximum Gasteiger partial charge on any atom is 0.271 e. The molecule has 0 saturated carbocycles. The van der Waals surface area contributed by atoms with E-state index >= 15 is 0 Å². The lowest BCUT2D eigenvalue weighted by atomic mass is 10.2. The van der Waals surface area contributed by atoms with E-state index in [0.29, 0.717) is 28.4 Å². The number of anilines is 1. The van der Waals surface area contributed by atoms with E-state index in [1.54, 1.807) is 45.6 Å². The van der Waals surface area contributed by atoms with Crippen LogP contribution in [0.25, 0.3) is 0 Å². The van der Waals surface area contributed by atoms with Gasteiger partial charge in [-0.2, -0.15) is 5.10 Å². The summed E-state index contributed by atoms with van der Waals surface area (Å²) in [5.74, 6) is 1.25. The van der Waals surface area contributed by atoms with Gasteiger partial charge in [-0.15, -0.1) is 0 Å². The van der Waals surface area contributed by atoms with E-state index in [1.807, 2.05) is 12.1 Å². The van der Waals surface area contributed by atoms with E-state index in [2.05, 4.69) is 29.3 Å². The highest BCUT2D eigenvalue weighted by Crippen LogP contribution is 2.37. The van der Waals surface area contributed by atoms with Gasteiger partial charge in [-0.05, 0) is 50.2 Å². The maximum atomic E-state index is 12.3. The summed E-state index contributed by atoms with van der Waals surface area (Å²) < 4.78 is 15.9. The second kappa shape index (κ2) is 10.2. The van der Waals surface area contributed by atoms with E-state index in [4.69, 9.17) is 14.2 Å². The van der Waals surface area contributed by atoms with Crippen molar-refractivity contribution in [3.05, 3.63) is 47.5 Å². The van der Waals surface area contributed by atoms with Crippen LogP contribution < -0.4 is 24.5 Å². The SMILES string of the molecule is CCN(CC)c1ccc(C(=O)N/N=C\c2cc(OC)c(OC)c(OC)c2)cc1. The Morgan fingerprint density at radius 3 is 2.04 bits per heavy atom. The van der Waals surface area contributed by atoms with Crippen molar-refractivity contribution in [2.45, 2.75) is 13.8 Å². The fourth-order valence-electron chi connectivity index (χ4n) is 2.82. The normalized spacial score (nSPS) is 10.6. The molecule has 7 nitrogen and oxygen atoms in total. The molecule has 2 aromatic rings. The molecule has 0 radical (unpaired) electrons. The van der Waals surface area contributed by atoms with Crippen LogP contribution in [0.15, 0.2) is 41.5 Å². The second-order valence-corrected chi connectivity index (χ2v) is 5.88. The Morgan fingerprint density at radius 1 is 1.00 bits per heavy atom. The molecule has 0 aliphatic heterocycles. The van der Waals surface area contributed by atoms with Gasteiger partial charge in [0.25, 0.3) is 5.91 Å². The third-order valence-electron chi connectivity index (χ3n) is 4.32. The summed E-state index contributed by atoms with van der Waals surface area (Å²) >= 11 is 0. The second-order valence-electron chi connectivity index (χ2n) is 5.88. The van der Waals surface area contributed by atoms with Gasteiger partial charge < -0.3 is 19.1 Å². The van der Waals surface area contributed by atoms with Crippen molar-refractivity contribution >= 4 is 17.8 Å². The number of methoxy groups -OCH3 is 3. The van der Waals surface area contributed by atoms with E-state index in [9.17, 15) is 4.79 Å². The Kier molecular flexibility index (Phi) is 7.68. The van der Waals surface area contributed by atoms with E-state index in [-0.39, 0.29) is 5.91 Å². The largest absolute Gasteiger partial charge is 0.493 e. The minimum Gasteiger partial charge on any atom is -0.493 e. The number of carbonyl (C=O) groups excluding carboxylic acids is 1. The molecule has 7 heteroatoms. The number of rotatable bonds is 9. The monoisotopic (exact) mass is 385 g/mol. The molecule has 0 spiro atoms. The molecule has 1 amide bonds. The van der Waals surface area contributed by atoms with Crippen molar-refractivity contribution in [3.63, 3.8) is 0 Å². The van der Waals surface area contributed by atoms with Gasteiger partial charge in [0.15, 0.2) is 11.5 Å². The van der Waals surface area contributed by atoms with Crippen LogP contribution in [-0.4, -0.2) is 46.5 Å². The standard InChI is InChI=1S/C21H27N3O4/c1-6-24(7-2)17-10-8-16(9-11-17)21(25)23-22-14-15-12-18(26-3)20(28-5)19(13-15)27-4/h8-14H,6-7H2,1-5H3,(H,23,25)/b22-14-. The Morgan fingerprint density at radius 2 is 1.57 bits per heavy atom. The van der Waals surface area contributed by atoms with Gasteiger partial charge in [0.1, 0.15) is 0 Å². The molecule has 0 aliphatic carbocycles. The maximum absolute atomic E-state index is 12.3. The zero-order valence-corrected chi connectivity index (χ0v) is 17.0. The van der Waals surface area contributed by atoms with E-state index in [0.717, 1.165) is 18.8 Å². The highest BCUT2D eigenvalue weighted by atomic mass is 16.5. The molecule has 0 heterocycles. The molecule has 2 aromatic carbocycles. The zero-order chi connectivity index (χ0) is 20.5. The first-order valence-corrected chi connectivity index (χ1v) is 9.06. The van der Waals surface area contributed by atoms with Crippen LogP contribution in [0.3, 0.4) is 0 Å². The fourth-order valence-corrected chi connectivity index (χ4v) is 2.82. The topological polar surface area (TPSA) is 72.4 Å². The predicted octanol–water partition coefficient (Wildman–Crippen LogP) is 3.32. The van der Waals surface area contributed by atoms with Crippen LogP contribution in [0, 0.1) is 0 Å². The van der Waals surface area contributed by atoms with Gasteiger partial charge in [-0.3, -0.25) is 4.79 Å². The van der Waals surface area contributed by atoms with Crippen molar-refractivity contribution < 1.29 is 19.0 Å². The van der Waals surface area contributed by atoms with Crippen molar-refractivity contribution in [3.8, 4) is 17.2 Å². The first kappa shape index (κ1) is 21.1. The molecule has 0 saturated heterocycles. The zero-order valence-electron chi connectivity index (χ0n) is 17.0. The fraction of sp³-hybridized carbons (Fsp3) is 0.333. The number of carbonyl (C=O) groups is 1. The number of nitrogens with one attached hydrogen (secondary N) is 1. The third kappa shape index (κ3) is 4.94. The minimum atomic E-state index is -0.283. The van der Waals surface area contributed by atoms with Gasteiger partial charge in [0.2, 0.25) is 5.75 Å². The van der Waals surface area contributed by atoms with Crippen LogP contribution in [0.5, 0.6) is 17.2 Å². The Hall–Kier alpha value is -3.22. The van der Waals surface area contributed by atoms with Crippen molar-refractivity contribution in [1.82, 2.24) is 5.43 Å². The van der Waals surface area contributed by atoms with Crippen LogP contribution >= 0.6 is 0 Å². The molecule has 28 heavy (non-hydrogen) atoms. The quantitative estimate of drug-likeness (QED) is 0.530. The molecule has 0 fully saturated rings. The van der Waals surface area contributed by atoms with Gasteiger partial charge in [0.05, 0.1) is 27.5 Å². The minimum absolute atomic E-state index is 0.283. The number of nitrogens with zero attached hydrogens (tertiary/aromatic N) is 2. The third-order valence-corrected chi connectivity index (χ3v) is 4.32. The van der Waals surface area contributed by atoms with Crippen LogP contribution in [0.1, 0.15) is 29.8 Å². The Balaban J connectivity index is 2.09. The lowest BCUT2D eigenvalue weighted by Gasteiger charge is -2.20. The Bertz CT molecular complexity index is 790. The highest BCUT2D eigenvalue weighted by molar-refractivity contribution is 5.95. The van der Waals surface area contributed by atoms with E-state index in [1.165, 1.54) is 6.21 Å². The molecule has 1 N–H and O–H groups in total. The average molecular weight is 385 g/mol. The molecular formula is C21H27N3O4. The Labute approximate surface area is 165 Å². The summed E-state index contributed by atoms with van der Waals surface area (Å²) in [6.07, 6.45) is 1.52. The number of hydrazone groups is 1. The van der Waals surface area contributed by atoms with Gasteiger partial charge in [-0.1, -0.05) is 0 Å². The summed E-state index contributed by atoms with van der Waals surface area (Å²) in [6.45, 7) is 6.03. The molecular weight excluding hydrogens is 358 g/mol. The van der Waals surface area contributed by atoms with Crippen molar-refractivity contribution in [2.75, 3.05) is 39.3 Å². The van der Waals surface area contributed by atoms with Gasteiger partial charge in [-0.25, -0.2) is 5.43 Å². The number of hydrogen-bond donors (Lipinski definition) is 1. The van der Waals surface area contributed by atoms with Gasteiger partial charge >= 0.3 is 0 Å². The van der Waals surface area contributed by atoms with E-state index < -0.39 is 0 Å². The number of amides is 1. The summed E-state index contributed by atoms with van der Waals surface area (Å²) in [4.78, 5) is 14.5. The van der Waals surface area contributed by atoms with Crippen LogP contribution in [0.4, 0.5) is 5.69 Å². The van der Waals surface area contributed by atoms with Gasteiger partial charge in [0, 0.05) is 29.9 Å². The number of ether oxygens (including phenoxy) is 3. The lowest BCUT2D eigenvalue weighted by molar-refractivity contribution is 0.0955. The summed E-state index contributed by atoms with van der Waals surface area (Å²) in [5.41, 5.74) is 4.86. The van der Waals surface area contributed by atoms with Crippen molar-refractivity contribution in [1.29, 1.82) is 0 Å². The van der Waals surface area contributed by atoms with Crippen LogP contribution in [-0.2, 0) is 0 Å². The average Bonchev–Trinajstić information content (AvgIpc) is 2.74.